The minimum Gasteiger partial charge on any atom is -0.259 e. The zero-order chi connectivity index (χ0) is 13.2. The van der Waals surface area contributed by atoms with Crippen LogP contribution in [0.15, 0.2) is 6.20 Å². The Morgan fingerprint density at radius 2 is 1.59 bits per heavy atom. The molecule has 0 N–H and O–H groups in total. The molecule has 0 fully saturated rings. The maximum absolute atomic E-state index is 9.41. The van der Waals surface area contributed by atoms with E-state index in [1.54, 1.807) is 0 Å². The van der Waals surface area contributed by atoms with Crippen molar-refractivity contribution < 1.29 is 0 Å². The van der Waals surface area contributed by atoms with Gasteiger partial charge < -0.3 is 0 Å². The van der Waals surface area contributed by atoms with Gasteiger partial charge in [0.15, 0.2) is 0 Å². The molecule has 0 spiro atoms. The van der Waals surface area contributed by atoms with E-state index in [-0.39, 0.29) is 0 Å². The molecule has 0 atom stereocenters. The quantitative estimate of drug-likeness (QED) is 0.775. The van der Waals surface area contributed by atoms with Gasteiger partial charge in [0.05, 0.1) is 11.3 Å². The van der Waals surface area contributed by atoms with E-state index in [1.165, 1.54) is 11.1 Å². The van der Waals surface area contributed by atoms with Crippen molar-refractivity contribution in [2.75, 3.05) is 0 Å². The lowest BCUT2D eigenvalue weighted by Crippen LogP contribution is -2.08. The summed E-state index contributed by atoms with van der Waals surface area (Å²) in [6, 6.07) is 2.36. The number of aromatic nitrogens is 1. The summed E-state index contributed by atoms with van der Waals surface area (Å²) < 4.78 is 0. The van der Waals surface area contributed by atoms with Crippen LogP contribution in [0, 0.1) is 11.3 Å². The van der Waals surface area contributed by atoms with Crippen LogP contribution in [0.1, 0.15) is 81.7 Å². The van der Waals surface area contributed by atoms with Crippen molar-refractivity contribution in [3.63, 3.8) is 0 Å². The summed E-state index contributed by atoms with van der Waals surface area (Å²) in [7, 11) is 0. The smallest absolute Gasteiger partial charge is 0.101 e. The van der Waals surface area contributed by atoms with Gasteiger partial charge in [-0.2, -0.15) is 5.26 Å². The van der Waals surface area contributed by atoms with Crippen LogP contribution in [0.3, 0.4) is 0 Å². The topological polar surface area (TPSA) is 36.7 Å². The average Bonchev–Trinajstić information content (AvgIpc) is 2.26. The third kappa shape index (κ3) is 2.66. The molecule has 92 valence electrons. The van der Waals surface area contributed by atoms with E-state index < -0.39 is 0 Å². The van der Waals surface area contributed by atoms with Crippen molar-refractivity contribution in [1.29, 1.82) is 5.26 Å². The Bertz CT molecular complexity index is 437. The van der Waals surface area contributed by atoms with E-state index in [0.29, 0.717) is 17.8 Å². The molecule has 2 heteroatoms. The van der Waals surface area contributed by atoms with Gasteiger partial charge >= 0.3 is 0 Å². The number of rotatable bonds is 3. The lowest BCUT2D eigenvalue weighted by molar-refractivity contribution is 0.749. The van der Waals surface area contributed by atoms with Crippen molar-refractivity contribution in [2.45, 2.75) is 59.3 Å². The molecule has 17 heavy (non-hydrogen) atoms. The van der Waals surface area contributed by atoms with Crippen molar-refractivity contribution in [1.82, 2.24) is 4.98 Å². The Kier molecular flexibility index (Phi) is 4.28. The van der Waals surface area contributed by atoms with Crippen LogP contribution in [0.4, 0.5) is 0 Å². The normalized spacial score (nSPS) is 11.3. The van der Waals surface area contributed by atoms with Gasteiger partial charge in [0, 0.05) is 6.20 Å². The number of nitrogens with zero attached hydrogens (tertiary/aromatic N) is 2. The Balaban J connectivity index is 3.57. The van der Waals surface area contributed by atoms with Crippen LogP contribution < -0.4 is 0 Å². The molecule has 1 aromatic heterocycles. The maximum Gasteiger partial charge on any atom is 0.101 e. The number of hydrogen-bond donors (Lipinski definition) is 0. The molecule has 0 aliphatic carbocycles. The fourth-order valence-electron chi connectivity index (χ4n) is 2.19. The summed E-state index contributed by atoms with van der Waals surface area (Å²) >= 11 is 0. The second-order valence-corrected chi connectivity index (χ2v) is 5.46. The van der Waals surface area contributed by atoms with E-state index >= 15 is 0 Å². The summed E-state index contributed by atoms with van der Waals surface area (Å²) in [4.78, 5) is 4.49. The molecule has 0 aliphatic heterocycles. The predicted octanol–water partition coefficient (Wildman–Crippen LogP) is 4.32. The van der Waals surface area contributed by atoms with Crippen molar-refractivity contribution in [3.05, 3.63) is 28.6 Å². The lowest BCUT2D eigenvalue weighted by atomic mass is 9.86. The third-order valence-electron chi connectivity index (χ3n) is 3.04. The second-order valence-electron chi connectivity index (χ2n) is 5.46. The highest BCUT2D eigenvalue weighted by molar-refractivity contribution is 5.48. The van der Waals surface area contributed by atoms with Gasteiger partial charge in [0.1, 0.15) is 6.07 Å². The van der Waals surface area contributed by atoms with Gasteiger partial charge in [0.25, 0.3) is 0 Å². The first kappa shape index (κ1) is 13.7. The first-order valence-electron chi connectivity index (χ1n) is 6.32. The molecule has 0 saturated carbocycles. The van der Waals surface area contributed by atoms with E-state index in [1.807, 2.05) is 6.20 Å². The van der Waals surface area contributed by atoms with E-state index in [0.717, 1.165) is 11.3 Å². The van der Waals surface area contributed by atoms with Gasteiger partial charge in [-0.25, -0.2) is 0 Å². The molecule has 0 aromatic carbocycles. The zero-order valence-corrected chi connectivity index (χ0v) is 11.7. The van der Waals surface area contributed by atoms with Crippen LogP contribution >= 0.6 is 0 Å². The fourth-order valence-corrected chi connectivity index (χ4v) is 2.19. The Labute approximate surface area is 105 Å². The first-order chi connectivity index (χ1) is 7.90. The Morgan fingerprint density at radius 3 is 1.94 bits per heavy atom. The number of pyridine rings is 1. The van der Waals surface area contributed by atoms with Gasteiger partial charge in [-0.1, -0.05) is 41.5 Å². The van der Waals surface area contributed by atoms with Crippen molar-refractivity contribution in [3.8, 4) is 6.07 Å². The van der Waals surface area contributed by atoms with Crippen LogP contribution in [0.2, 0.25) is 0 Å². The summed E-state index contributed by atoms with van der Waals surface area (Å²) in [5, 5.41) is 9.41. The largest absolute Gasteiger partial charge is 0.259 e. The van der Waals surface area contributed by atoms with E-state index in [2.05, 4.69) is 52.6 Å². The average molecular weight is 230 g/mol. The minimum atomic E-state index is 0.295. The maximum atomic E-state index is 9.41. The van der Waals surface area contributed by atoms with Crippen LogP contribution in [-0.4, -0.2) is 4.98 Å². The summed E-state index contributed by atoms with van der Waals surface area (Å²) in [5.74, 6) is 1.07. The number of nitriles is 1. The van der Waals surface area contributed by atoms with E-state index in [4.69, 9.17) is 0 Å². The van der Waals surface area contributed by atoms with Gasteiger partial charge in [-0.05, 0) is 28.9 Å². The molecule has 0 aliphatic rings. The molecule has 0 saturated heterocycles. The molecular weight excluding hydrogens is 208 g/mol. The zero-order valence-electron chi connectivity index (χ0n) is 11.7. The summed E-state index contributed by atoms with van der Waals surface area (Å²) in [6.07, 6.45) is 1.95. The second kappa shape index (κ2) is 5.31. The van der Waals surface area contributed by atoms with Gasteiger partial charge in [0.2, 0.25) is 0 Å². The fraction of sp³-hybridized carbons (Fsp3) is 0.600. The van der Waals surface area contributed by atoms with Crippen LogP contribution in [0.5, 0.6) is 0 Å². The van der Waals surface area contributed by atoms with Crippen molar-refractivity contribution in [2.24, 2.45) is 0 Å². The number of hydrogen-bond acceptors (Lipinski definition) is 2. The minimum absolute atomic E-state index is 0.295. The predicted molar refractivity (Wildman–Crippen MR) is 71.2 cm³/mol. The third-order valence-corrected chi connectivity index (χ3v) is 3.04. The molecule has 0 amide bonds. The highest BCUT2D eigenvalue weighted by Crippen LogP contribution is 2.32. The molecule has 2 nitrogen and oxygen atoms in total. The van der Waals surface area contributed by atoms with Crippen molar-refractivity contribution >= 4 is 0 Å². The summed E-state index contributed by atoms with van der Waals surface area (Å²) in [6.45, 7) is 12.8. The highest BCUT2D eigenvalue weighted by Gasteiger charge is 2.20. The molecule has 0 bridgehead atoms. The highest BCUT2D eigenvalue weighted by atomic mass is 14.7. The molecular formula is C15H22N2. The first-order valence-corrected chi connectivity index (χ1v) is 6.32. The van der Waals surface area contributed by atoms with Crippen LogP contribution in [-0.2, 0) is 0 Å². The molecule has 1 aromatic rings. The lowest BCUT2D eigenvalue weighted by Gasteiger charge is -2.20. The van der Waals surface area contributed by atoms with Gasteiger partial charge in [-0.15, -0.1) is 0 Å². The monoisotopic (exact) mass is 230 g/mol. The summed E-state index contributed by atoms with van der Waals surface area (Å²) in [5.41, 5.74) is 4.11. The Morgan fingerprint density at radius 1 is 1.00 bits per heavy atom. The molecule has 0 unspecified atom stereocenters. The molecule has 1 rings (SSSR count). The molecule has 1 heterocycles. The standard InChI is InChI=1S/C15H22N2/c1-9(2)13-8-17-15(11(5)6)12(7-16)14(13)10(3)4/h8-11H,1-6H3. The molecule has 0 radical (unpaired) electrons. The van der Waals surface area contributed by atoms with Crippen LogP contribution in [0.25, 0.3) is 0 Å². The Hall–Kier alpha value is -1.36. The van der Waals surface area contributed by atoms with E-state index in [9.17, 15) is 5.26 Å². The SMILES string of the molecule is CC(C)c1cnc(C(C)C)c(C#N)c1C(C)C. The van der Waals surface area contributed by atoms with Gasteiger partial charge in [-0.3, -0.25) is 4.98 Å².